The second kappa shape index (κ2) is 9.27. The Morgan fingerprint density at radius 2 is 2.00 bits per heavy atom. The van der Waals surface area contributed by atoms with Crippen LogP contribution in [0.25, 0.3) is 0 Å². The third kappa shape index (κ3) is 5.77. The van der Waals surface area contributed by atoms with E-state index in [9.17, 15) is 13.2 Å². The topological polar surface area (TPSA) is 101 Å². The predicted octanol–water partition coefficient (Wildman–Crippen LogP) is 2.14. The molecule has 2 N–H and O–H groups in total. The van der Waals surface area contributed by atoms with Gasteiger partial charge in [0.25, 0.3) is 0 Å². The van der Waals surface area contributed by atoms with Crippen LogP contribution in [-0.2, 0) is 21.2 Å². The smallest absolute Gasteiger partial charge is 0.244 e. The first-order valence-electron chi connectivity index (χ1n) is 7.66. The van der Waals surface area contributed by atoms with Crippen LogP contribution in [0.1, 0.15) is 18.4 Å². The first-order chi connectivity index (χ1) is 12.0. The average molecular weight is 401 g/mol. The number of aromatic nitrogens is 2. The van der Waals surface area contributed by atoms with E-state index in [4.69, 9.17) is 0 Å². The Morgan fingerprint density at radius 3 is 2.60 bits per heavy atom. The van der Waals surface area contributed by atoms with Crippen molar-refractivity contribution in [2.75, 3.05) is 17.3 Å². The number of nitrogens with zero attached hydrogens (tertiary/aromatic N) is 2. The highest BCUT2D eigenvalue weighted by molar-refractivity contribution is 7.98. The molecular weight excluding hydrogens is 380 g/mol. The summed E-state index contributed by atoms with van der Waals surface area (Å²) in [4.78, 5) is 12.6. The van der Waals surface area contributed by atoms with Gasteiger partial charge in [-0.25, -0.2) is 8.42 Å². The highest BCUT2D eigenvalue weighted by atomic mass is 32.2. The van der Waals surface area contributed by atoms with Crippen LogP contribution >= 0.6 is 23.1 Å². The van der Waals surface area contributed by atoms with Gasteiger partial charge >= 0.3 is 0 Å². The lowest BCUT2D eigenvalue weighted by Gasteiger charge is -2.17. The van der Waals surface area contributed by atoms with Crippen molar-refractivity contribution < 1.29 is 13.2 Å². The van der Waals surface area contributed by atoms with E-state index in [1.54, 1.807) is 30.0 Å². The molecule has 136 valence electrons. The van der Waals surface area contributed by atoms with Crippen LogP contribution < -0.4 is 10.0 Å². The molecule has 0 bridgehead atoms. The van der Waals surface area contributed by atoms with Crippen molar-refractivity contribution in [3.8, 4) is 0 Å². The van der Waals surface area contributed by atoms with Crippen LogP contribution in [0.4, 0.5) is 5.13 Å². The molecule has 1 heterocycles. The number of carbonyl (C=O) groups is 1. The van der Waals surface area contributed by atoms with Gasteiger partial charge in [-0.05, 0) is 37.0 Å². The average Bonchev–Trinajstić information content (AvgIpc) is 3.06. The Balaban J connectivity index is 2.13. The van der Waals surface area contributed by atoms with Crippen molar-refractivity contribution in [3.63, 3.8) is 0 Å². The zero-order valence-electron chi connectivity index (χ0n) is 13.9. The maximum Gasteiger partial charge on any atom is 0.244 e. The maximum absolute atomic E-state index is 12.5. The fraction of sp³-hybridized carbons (Fsp3) is 0.400. The first kappa shape index (κ1) is 19.8. The summed E-state index contributed by atoms with van der Waals surface area (Å²) in [6.07, 6.45) is 3.00. The molecule has 2 rings (SSSR count). The quantitative estimate of drug-likeness (QED) is 0.669. The summed E-state index contributed by atoms with van der Waals surface area (Å²) in [7, 11) is -3.78. The Hall–Kier alpha value is -1.49. The zero-order chi connectivity index (χ0) is 18.3. The number of benzene rings is 1. The standard InChI is InChI=1S/C15H20N4O3S3/c1-3-13-17-18-15(24-13)16-14(20)12(9-10-23-2)19-25(21,22)11-7-5-4-6-8-11/h4-8,12,19H,3,9-10H2,1-2H3,(H,16,18,20)/t12-/m1/s1. The number of anilines is 1. The lowest BCUT2D eigenvalue weighted by Crippen LogP contribution is -2.44. The summed E-state index contributed by atoms with van der Waals surface area (Å²) in [6, 6.07) is 7.11. The molecule has 0 saturated heterocycles. The minimum atomic E-state index is -3.78. The molecule has 1 aromatic heterocycles. The van der Waals surface area contributed by atoms with Gasteiger partial charge in [0, 0.05) is 0 Å². The monoisotopic (exact) mass is 400 g/mol. The van der Waals surface area contributed by atoms with Gasteiger partial charge < -0.3 is 0 Å². The van der Waals surface area contributed by atoms with Crippen LogP contribution in [-0.4, -0.2) is 42.6 Å². The number of amides is 1. The molecule has 0 aliphatic carbocycles. The van der Waals surface area contributed by atoms with Crippen molar-refractivity contribution in [2.45, 2.75) is 30.7 Å². The molecule has 1 atom stereocenters. The van der Waals surface area contributed by atoms with Gasteiger partial charge in [0.2, 0.25) is 21.1 Å². The molecule has 1 amide bonds. The van der Waals surface area contributed by atoms with Crippen molar-refractivity contribution in [3.05, 3.63) is 35.3 Å². The van der Waals surface area contributed by atoms with Crippen LogP contribution in [0.3, 0.4) is 0 Å². The van der Waals surface area contributed by atoms with E-state index in [-0.39, 0.29) is 4.90 Å². The predicted molar refractivity (Wildman–Crippen MR) is 101 cm³/mol. The van der Waals surface area contributed by atoms with Crippen molar-refractivity contribution in [2.24, 2.45) is 0 Å². The number of hydrogen-bond acceptors (Lipinski definition) is 7. The lowest BCUT2D eigenvalue weighted by molar-refractivity contribution is -0.117. The summed E-state index contributed by atoms with van der Waals surface area (Å²) >= 11 is 2.82. The van der Waals surface area contributed by atoms with E-state index in [0.717, 1.165) is 11.4 Å². The van der Waals surface area contributed by atoms with E-state index in [2.05, 4.69) is 20.2 Å². The van der Waals surface area contributed by atoms with Gasteiger partial charge in [-0.15, -0.1) is 10.2 Å². The highest BCUT2D eigenvalue weighted by Crippen LogP contribution is 2.17. The molecule has 0 aliphatic rings. The summed E-state index contributed by atoms with van der Waals surface area (Å²) in [5.41, 5.74) is 0. The van der Waals surface area contributed by atoms with Crippen LogP contribution in [0.15, 0.2) is 35.2 Å². The Labute approximate surface area is 155 Å². The van der Waals surface area contributed by atoms with Crippen LogP contribution in [0.2, 0.25) is 0 Å². The molecule has 25 heavy (non-hydrogen) atoms. The number of hydrogen-bond donors (Lipinski definition) is 2. The van der Waals surface area contributed by atoms with Gasteiger partial charge in [0.15, 0.2) is 0 Å². The third-order valence-electron chi connectivity index (χ3n) is 3.28. The molecule has 10 heteroatoms. The van der Waals surface area contributed by atoms with Gasteiger partial charge in [0.1, 0.15) is 11.0 Å². The van der Waals surface area contributed by atoms with E-state index in [1.165, 1.54) is 23.5 Å². The fourth-order valence-electron chi connectivity index (χ4n) is 1.97. The number of aryl methyl sites for hydroxylation is 1. The van der Waals surface area contributed by atoms with Crippen LogP contribution in [0.5, 0.6) is 0 Å². The molecule has 0 radical (unpaired) electrons. The molecule has 0 aliphatic heterocycles. The minimum absolute atomic E-state index is 0.126. The van der Waals surface area contributed by atoms with Gasteiger partial charge in [0.05, 0.1) is 4.90 Å². The zero-order valence-corrected chi connectivity index (χ0v) is 16.4. The number of carbonyl (C=O) groups excluding carboxylic acids is 1. The molecule has 0 fully saturated rings. The fourth-order valence-corrected chi connectivity index (χ4v) is 4.38. The Bertz CT molecular complexity index is 793. The SMILES string of the molecule is CCc1nnc(NC(=O)[C@@H](CCSC)NS(=O)(=O)c2ccccc2)s1. The van der Waals surface area contributed by atoms with Gasteiger partial charge in [-0.2, -0.15) is 16.5 Å². The number of nitrogens with one attached hydrogen (secondary N) is 2. The van der Waals surface area contributed by atoms with E-state index in [0.29, 0.717) is 17.3 Å². The minimum Gasteiger partial charge on any atom is -0.299 e. The first-order valence-corrected chi connectivity index (χ1v) is 11.3. The largest absolute Gasteiger partial charge is 0.299 e. The molecule has 0 unspecified atom stereocenters. The van der Waals surface area contributed by atoms with E-state index < -0.39 is 22.0 Å². The number of thioether (sulfide) groups is 1. The molecule has 2 aromatic rings. The molecule has 0 saturated carbocycles. The normalized spacial score (nSPS) is 12.7. The Kier molecular flexibility index (Phi) is 7.36. The summed E-state index contributed by atoms with van der Waals surface area (Å²) in [5.74, 6) is 0.207. The molecular formula is C15H20N4O3S3. The number of sulfonamides is 1. The molecule has 7 nitrogen and oxygen atoms in total. The van der Waals surface area contributed by atoms with Crippen molar-refractivity contribution in [1.29, 1.82) is 0 Å². The van der Waals surface area contributed by atoms with E-state index >= 15 is 0 Å². The Morgan fingerprint density at radius 1 is 1.28 bits per heavy atom. The molecule has 0 spiro atoms. The van der Waals surface area contributed by atoms with E-state index in [1.807, 2.05) is 13.2 Å². The van der Waals surface area contributed by atoms with Gasteiger partial charge in [-0.1, -0.05) is 36.5 Å². The number of rotatable bonds is 9. The molecule has 1 aromatic carbocycles. The lowest BCUT2D eigenvalue weighted by atomic mass is 10.2. The van der Waals surface area contributed by atoms with Crippen LogP contribution in [0, 0.1) is 0 Å². The summed E-state index contributed by atoms with van der Waals surface area (Å²) in [6.45, 7) is 1.95. The van der Waals surface area contributed by atoms with Crippen molar-refractivity contribution >= 4 is 44.2 Å². The van der Waals surface area contributed by atoms with Gasteiger partial charge in [-0.3, -0.25) is 10.1 Å². The third-order valence-corrected chi connectivity index (χ3v) is 6.39. The van der Waals surface area contributed by atoms with Crippen molar-refractivity contribution in [1.82, 2.24) is 14.9 Å². The summed E-state index contributed by atoms with van der Waals surface area (Å²) in [5, 5.41) is 11.7. The summed E-state index contributed by atoms with van der Waals surface area (Å²) < 4.78 is 27.5. The maximum atomic E-state index is 12.5. The second-order valence-corrected chi connectivity index (χ2v) is 8.87. The second-order valence-electron chi connectivity index (χ2n) is 5.11. The highest BCUT2D eigenvalue weighted by Gasteiger charge is 2.26.